The van der Waals surface area contributed by atoms with E-state index in [2.05, 4.69) is 54.4 Å². The van der Waals surface area contributed by atoms with E-state index in [4.69, 9.17) is 14.2 Å². The highest BCUT2D eigenvalue weighted by atomic mass is 16.5. The van der Waals surface area contributed by atoms with E-state index in [-0.39, 0.29) is 12.3 Å². The van der Waals surface area contributed by atoms with Crippen LogP contribution in [0.1, 0.15) is 41.2 Å². The van der Waals surface area contributed by atoms with E-state index in [0.717, 1.165) is 39.3 Å². The molecular formula is C34H33NO4. The third-order valence-electron chi connectivity index (χ3n) is 6.92. The van der Waals surface area contributed by atoms with Crippen molar-refractivity contribution in [3.8, 4) is 29.1 Å². The van der Waals surface area contributed by atoms with E-state index in [1.54, 1.807) is 21.3 Å². The fourth-order valence-electron chi connectivity index (χ4n) is 4.54. The van der Waals surface area contributed by atoms with Gasteiger partial charge in [0.05, 0.1) is 33.3 Å². The fourth-order valence-corrected chi connectivity index (χ4v) is 4.54. The van der Waals surface area contributed by atoms with Crippen molar-refractivity contribution in [1.29, 1.82) is 0 Å². The Hall–Kier alpha value is -4.69. The van der Waals surface area contributed by atoms with Crippen LogP contribution in [0.25, 0.3) is 0 Å². The molecule has 1 amide bonds. The molecule has 1 N–H and O–H groups in total. The third kappa shape index (κ3) is 6.42. The Morgan fingerprint density at radius 3 is 1.85 bits per heavy atom. The van der Waals surface area contributed by atoms with E-state index < -0.39 is 5.41 Å². The molecule has 198 valence electrons. The van der Waals surface area contributed by atoms with E-state index >= 15 is 0 Å². The molecule has 4 aromatic rings. The van der Waals surface area contributed by atoms with Gasteiger partial charge in [-0.2, -0.15) is 0 Å². The molecule has 5 heteroatoms. The van der Waals surface area contributed by atoms with Crippen molar-refractivity contribution in [3.05, 3.63) is 125 Å². The predicted molar refractivity (Wildman–Crippen MR) is 154 cm³/mol. The van der Waals surface area contributed by atoms with Gasteiger partial charge in [0.1, 0.15) is 17.2 Å². The van der Waals surface area contributed by atoms with Crippen molar-refractivity contribution >= 4 is 5.91 Å². The Labute approximate surface area is 230 Å². The standard InChI is InChI=1S/C34H33NO4/c1-34(27-13-18-30(37-2)19-14-27,28-15-20-31(38-3)21-16-28)29-17-22-32(39-4)26(23-29)11-8-12-33(36)35-24-25-9-6-5-7-10-25/h5-7,9-10,13-23H,12,24H2,1-4H3,(H,35,36). The number of benzene rings is 4. The maximum atomic E-state index is 12.4. The number of methoxy groups -OCH3 is 3. The SMILES string of the molecule is COc1ccc(C(C)(c2ccc(OC)cc2)c2ccc(OC)c(C#CCC(=O)NCc3ccccc3)c2)cc1. The quantitative estimate of drug-likeness (QED) is 0.214. The van der Waals surface area contributed by atoms with Gasteiger partial charge in [0.2, 0.25) is 5.91 Å². The lowest BCUT2D eigenvalue weighted by Gasteiger charge is -2.32. The van der Waals surface area contributed by atoms with Crippen LogP contribution in [0.15, 0.2) is 97.1 Å². The number of amides is 1. The van der Waals surface area contributed by atoms with E-state index in [9.17, 15) is 4.79 Å². The summed E-state index contributed by atoms with van der Waals surface area (Å²) < 4.78 is 16.4. The minimum absolute atomic E-state index is 0.0917. The summed E-state index contributed by atoms with van der Waals surface area (Å²) in [5.41, 5.74) is 4.49. The minimum Gasteiger partial charge on any atom is -0.497 e. The summed E-state index contributed by atoms with van der Waals surface area (Å²) in [7, 11) is 4.95. The summed E-state index contributed by atoms with van der Waals surface area (Å²) in [6.07, 6.45) is 0.0917. The van der Waals surface area contributed by atoms with Gasteiger partial charge >= 0.3 is 0 Å². The molecule has 4 rings (SSSR count). The summed E-state index contributed by atoms with van der Waals surface area (Å²) in [5, 5.41) is 2.92. The van der Waals surface area contributed by atoms with E-state index in [0.29, 0.717) is 12.3 Å². The van der Waals surface area contributed by atoms with Crippen molar-refractivity contribution in [2.24, 2.45) is 0 Å². The monoisotopic (exact) mass is 519 g/mol. The highest BCUT2D eigenvalue weighted by molar-refractivity contribution is 5.78. The number of nitrogens with one attached hydrogen (secondary N) is 1. The molecule has 0 saturated heterocycles. The molecule has 0 atom stereocenters. The predicted octanol–water partition coefficient (Wildman–Crippen LogP) is 6.12. The molecule has 0 spiro atoms. The second-order valence-electron chi connectivity index (χ2n) is 9.24. The lowest BCUT2D eigenvalue weighted by molar-refractivity contribution is -0.120. The molecule has 0 unspecified atom stereocenters. The van der Waals surface area contributed by atoms with Crippen molar-refractivity contribution in [2.45, 2.75) is 25.3 Å². The van der Waals surface area contributed by atoms with Crippen LogP contribution in [0.2, 0.25) is 0 Å². The van der Waals surface area contributed by atoms with Crippen molar-refractivity contribution in [3.63, 3.8) is 0 Å². The summed E-state index contributed by atoms with van der Waals surface area (Å²) in [5.74, 6) is 8.32. The Bertz CT molecular complexity index is 1400. The first-order valence-corrected chi connectivity index (χ1v) is 12.7. The van der Waals surface area contributed by atoms with Crippen molar-refractivity contribution < 1.29 is 19.0 Å². The number of carbonyl (C=O) groups is 1. The van der Waals surface area contributed by atoms with Crippen molar-refractivity contribution in [2.75, 3.05) is 21.3 Å². The van der Waals surface area contributed by atoms with Gasteiger partial charge in [-0.05, 0) is 65.6 Å². The van der Waals surface area contributed by atoms with Crippen LogP contribution >= 0.6 is 0 Å². The highest BCUT2D eigenvalue weighted by Gasteiger charge is 2.32. The summed E-state index contributed by atoms with van der Waals surface area (Å²) in [6, 6.07) is 32.0. The Morgan fingerprint density at radius 1 is 0.744 bits per heavy atom. The molecule has 39 heavy (non-hydrogen) atoms. The molecule has 4 aromatic carbocycles. The second kappa shape index (κ2) is 12.7. The molecule has 0 aromatic heterocycles. The second-order valence-corrected chi connectivity index (χ2v) is 9.24. The first-order valence-electron chi connectivity index (χ1n) is 12.7. The van der Waals surface area contributed by atoms with Gasteiger partial charge in [-0.15, -0.1) is 0 Å². The number of carbonyl (C=O) groups excluding carboxylic acids is 1. The average Bonchev–Trinajstić information content (AvgIpc) is 3.00. The van der Waals surface area contributed by atoms with Crippen LogP contribution in [-0.2, 0) is 16.8 Å². The smallest absolute Gasteiger partial charge is 0.232 e. The normalized spacial score (nSPS) is 10.7. The minimum atomic E-state index is -0.506. The fraction of sp³-hybridized carbons (Fsp3) is 0.206. The van der Waals surface area contributed by atoms with Crippen LogP contribution in [-0.4, -0.2) is 27.2 Å². The van der Waals surface area contributed by atoms with E-state index in [1.165, 1.54) is 0 Å². The van der Waals surface area contributed by atoms with Crippen LogP contribution < -0.4 is 19.5 Å². The van der Waals surface area contributed by atoms with Crippen LogP contribution in [0, 0.1) is 11.8 Å². The van der Waals surface area contributed by atoms with Crippen molar-refractivity contribution in [1.82, 2.24) is 5.32 Å². The Kier molecular flexibility index (Phi) is 8.91. The molecule has 0 aliphatic carbocycles. The van der Waals surface area contributed by atoms with Gasteiger partial charge in [0, 0.05) is 12.0 Å². The summed E-state index contributed by atoms with van der Waals surface area (Å²) >= 11 is 0. The topological polar surface area (TPSA) is 56.8 Å². The molecular weight excluding hydrogens is 486 g/mol. The maximum absolute atomic E-state index is 12.4. The number of hydrogen-bond acceptors (Lipinski definition) is 4. The zero-order valence-electron chi connectivity index (χ0n) is 22.8. The van der Waals surface area contributed by atoms with Gasteiger partial charge in [0.25, 0.3) is 0 Å². The first kappa shape index (κ1) is 27.3. The molecule has 5 nitrogen and oxygen atoms in total. The van der Waals surface area contributed by atoms with Crippen LogP contribution in [0.3, 0.4) is 0 Å². The zero-order valence-corrected chi connectivity index (χ0v) is 22.8. The molecule has 0 bridgehead atoms. The highest BCUT2D eigenvalue weighted by Crippen LogP contribution is 2.41. The number of hydrogen-bond donors (Lipinski definition) is 1. The molecule has 0 fully saturated rings. The number of rotatable bonds is 9. The molecule has 0 radical (unpaired) electrons. The first-order chi connectivity index (χ1) is 19.0. The summed E-state index contributed by atoms with van der Waals surface area (Å²) in [6.45, 7) is 2.66. The Balaban J connectivity index is 1.66. The largest absolute Gasteiger partial charge is 0.497 e. The van der Waals surface area contributed by atoms with Gasteiger partial charge in [-0.25, -0.2) is 0 Å². The van der Waals surface area contributed by atoms with Gasteiger partial charge in [-0.1, -0.05) is 72.5 Å². The lowest BCUT2D eigenvalue weighted by atomic mass is 9.70. The van der Waals surface area contributed by atoms with E-state index in [1.807, 2.05) is 66.7 Å². The van der Waals surface area contributed by atoms with Crippen LogP contribution in [0.5, 0.6) is 17.2 Å². The molecule has 0 heterocycles. The molecule has 0 aliphatic heterocycles. The lowest BCUT2D eigenvalue weighted by Crippen LogP contribution is -2.25. The average molecular weight is 520 g/mol. The maximum Gasteiger partial charge on any atom is 0.232 e. The molecule has 0 saturated carbocycles. The van der Waals surface area contributed by atoms with Gasteiger partial charge in [0.15, 0.2) is 0 Å². The van der Waals surface area contributed by atoms with Gasteiger partial charge < -0.3 is 19.5 Å². The molecule has 0 aliphatic rings. The van der Waals surface area contributed by atoms with Gasteiger partial charge in [-0.3, -0.25) is 4.79 Å². The Morgan fingerprint density at radius 2 is 1.31 bits per heavy atom. The van der Waals surface area contributed by atoms with Crippen LogP contribution in [0.4, 0.5) is 0 Å². The third-order valence-corrected chi connectivity index (χ3v) is 6.92. The number of ether oxygens (including phenoxy) is 3. The zero-order chi connectivity index (χ0) is 27.7. The summed E-state index contributed by atoms with van der Waals surface area (Å²) in [4.78, 5) is 12.4.